The Morgan fingerprint density at radius 3 is 2.70 bits per heavy atom. The number of halogens is 1. The van der Waals surface area contributed by atoms with Gasteiger partial charge in [0, 0.05) is 25.3 Å². The Morgan fingerprint density at radius 1 is 1.19 bits per heavy atom. The number of para-hydroxylation sites is 1. The smallest absolute Gasteiger partial charge is 0.319 e. The van der Waals surface area contributed by atoms with E-state index < -0.39 is 12.1 Å². The summed E-state index contributed by atoms with van der Waals surface area (Å²) >= 11 is 0. The van der Waals surface area contributed by atoms with Gasteiger partial charge < -0.3 is 20.9 Å². The summed E-state index contributed by atoms with van der Waals surface area (Å²) in [5.74, 6) is -0.534. The van der Waals surface area contributed by atoms with Crippen molar-refractivity contribution in [2.45, 2.75) is 19.0 Å². The van der Waals surface area contributed by atoms with Crippen LogP contribution in [0.1, 0.15) is 18.5 Å². The number of nitrogens with one attached hydrogen (secondary N) is 3. The number of nitrogens with zero attached hydrogens (tertiary/aromatic N) is 1. The van der Waals surface area contributed by atoms with Crippen molar-refractivity contribution in [1.29, 1.82) is 0 Å². The number of hydrogen-bond donors (Lipinski definition) is 3. The predicted molar refractivity (Wildman–Crippen MR) is 102 cm³/mol. The third-order valence-corrected chi connectivity index (χ3v) is 4.51. The Hall–Kier alpha value is -2.93. The van der Waals surface area contributed by atoms with Gasteiger partial charge in [0.05, 0.1) is 6.04 Å². The SMILES string of the molecule is CC(NC(=O)Nc1ccccc1)C(=O)N1CCNCC1c1cccc(F)c1. The van der Waals surface area contributed by atoms with Crippen LogP contribution in [0.15, 0.2) is 54.6 Å². The molecule has 1 fully saturated rings. The van der Waals surface area contributed by atoms with Gasteiger partial charge >= 0.3 is 6.03 Å². The van der Waals surface area contributed by atoms with Crippen LogP contribution in [0.25, 0.3) is 0 Å². The van der Waals surface area contributed by atoms with Crippen molar-refractivity contribution in [3.8, 4) is 0 Å². The largest absolute Gasteiger partial charge is 0.331 e. The lowest BCUT2D eigenvalue weighted by Gasteiger charge is -2.38. The van der Waals surface area contributed by atoms with Crippen LogP contribution in [0.2, 0.25) is 0 Å². The molecule has 1 heterocycles. The number of amides is 3. The fraction of sp³-hybridized carbons (Fsp3) is 0.300. The summed E-state index contributed by atoms with van der Waals surface area (Å²) in [5, 5.41) is 8.61. The van der Waals surface area contributed by atoms with Crippen LogP contribution in [0.5, 0.6) is 0 Å². The summed E-state index contributed by atoms with van der Waals surface area (Å²) in [4.78, 5) is 26.8. The molecule has 0 bridgehead atoms. The van der Waals surface area contributed by atoms with Gasteiger partial charge in [-0.1, -0.05) is 30.3 Å². The lowest BCUT2D eigenvalue weighted by molar-refractivity contribution is -0.136. The number of carbonyl (C=O) groups is 2. The molecule has 1 aliphatic rings. The molecule has 2 unspecified atom stereocenters. The van der Waals surface area contributed by atoms with Gasteiger partial charge in [-0.15, -0.1) is 0 Å². The lowest BCUT2D eigenvalue weighted by atomic mass is 10.0. The van der Waals surface area contributed by atoms with E-state index in [1.165, 1.54) is 12.1 Å². The molecule has 2 aromatic rings. The Morgan fingerprint density at radius 2 is 1.96 bits per heavy atom. The van der Waals surface area contributed by atoms with E-state index in [4.69, 9.17) is 0 Å². The summed E-state index contributed by atoms with van der Waals surface area (Å²) < 4.78 is 13.6. The Balaban J connectivity index is 1.66. The van der Waals surface area contributed by atoms with E-state index in [0.717, 1.165) is 5.56 Å². The highest BCUT2D eigenvalue weighted by Gasteiger charge is 2.31. The molecule has 2 atom stereocenters. The summed E-state index contributed by atoms with van der Waals surface area (Å²) in [7, 11) is 0. The molecular weight excluding hydrogens is 347 g/mol. The minimum absolute atomic E-state index is 0.200. The van der Waals surface area contributed by atoms with Crippen molar-refractivity contribution in [3.05, 3.63) is 66.0 Å². The average Bonchev–Trinajstić information content (AvgIpc) is 2.68. The van der Waals surface area contributed by atoms with Gasteiger partial charge in [-0.2, -0.15) is 0 Å². The van der Waals surface area contributed by atoms with E-state index in [1.54, 1.807) is 36.1 Å². The van der Waals surface area contributed by atoms with E-state index >= 15 is 0 Å². The van der Waals surface area contributed by atoms with Crippen LogP contribution in [0, 0.1) is 5.82 Å². The number of piperazine rings is 1. The van der Waals surface area contributed by atoms with E-state index in [9.17, 15) is 14.0 Å². The quantitative estimate of drug-likeness (QED) is 0.774. The molecular formula is C20H23FN4O2. The lowest BCUT2D eigenvalue weighted by Crippen LogP contribution is -2.54. The molecule has 0 radical (unpaired) electrons. The monoisotopic (exact) mass is 370 g/mol. The second-order valence-electron chi connectivity index (χ2n) is 6.49. The maximum atomic E-state index is 13.6. The van der Waals surface area contributed by atoms with E-state index in [2.05, 4.69) is 16.0 Å². The third kappa shape index (κ3) is 4.83. The topological polar surface area (TPSA) is 73.5 Å². The van der Waals surface area contributed by atoms with E-state index in [-0.39, 0.29) is 17.8 Å². The zero-order chi connectivity index (χ0) is 19.2. The van der Waals surface area contributed by atoms with Crippen molar-refractivity contribution < 1.29 is 14.0 Å². The first kappa shape index (κ1) is 18.8. The number of urea groups is 1. The van der Waals surface area contributed by atoms with Gasteiger partial charge in [0.1, 0.15) is 11.9 Å². The van der Waals surface area contributed by atoms with Crippen molar-refractivity contribution in [2.24, 2.45) is 0 Å². The van der Waals surface area contributed by atoms with Crippen LogP contribution in [0.4, 0.5) is 14.9 Å². The minimum Gasteiger partial charge on any atom is -0.331 e. The Bertz CT molecular complexity index is 800. The molecule has 142 valence electrons. The molecule has 2 aromatic carbocycles. The molecule has 0 aromatic heterocycles. The molecule has 3 amide bonds. The number of benzene rings is 2. The standard InChI is InChI=1S/C20H23FN4O2/c1-14(23-20(27)24-17-8-3-2-4-9-17)19(26)25-11-10-22-13-18(25)15-6-5-7-16(21)12-15/h2-9,12,14,18,22H,10-11,13H2,1H3,(H2,23,24,27). The maximum Gasteiger partial charge on any atom is 0.319 e. The summed E-state index contributed by atoms with van der Waals surface area (Å²) in [6, 6.07) is 13.9. The van der Waals surface area contributed by atoms with E-state index in [1.807, 2.05) is 18.2 Å². The molecule has 3 N–H and O–H groups in total. The van der Waals surface area contributed by atoms with Crippen LogP contribution >= 0.6 is 0 Å². The molecule has 27 heavy (non-hydrogen) atoms. The molecule has 0 spiro atoms. The maximum absolute atomic E-state index is 13.6. The number of rotatable bonds is 4. The fourth-order valence-corrected chi connectivity index (χ4v) is 3.18. The second kappa shape index (κ2) is 8.64. The van der Waals surface area contributed by atoms with Crippen LogP contribution < -0.4 is 16.0 Å². The zero-order valence-corrected chi connectivity index (χ0v) is 15.1. The predicted octanol–water partition coefficient (Wildman–Crippen LogP) is 2.51. The third-order valence-electron chi connectivity index (χ3n) is 4.51. The van der Waals surface area contributed by atoms with Crippen molar-refractivity contribution >= 4 is 17.6 Å². The van der Waals surface area contributed by atoms with Crippen LogP contribution in [-0.2, 0) is 4.79 Å². The summed E-state index contributed by atoms with van der Waals surface area (Å²) in [5.41, 5.74) is 1.38. The fourth-order valence-electron chi connectivity index (χ4n) is 3.18. The number of anilines is 1. The normalized spacial score (nSPS) is 17.9. The number of carbonyl (C=O) groups excluding carboxylic acids is 2. The van der Waals surface area contributed by atoms with E-state index in [0.29, 0.717) is 25.3 Å². The highest BCUT2D eigenvalue weighted by molar-refractivity contribution is 5.93. The number of hydrogen-bond acceptors (Lipinski definition) is 3. The summed E-state index contributed by atoms with van der Waals surface area (Å²) in [6.45, 7) is 3.34. The first-order valence-corrected chi connectivity index (χ1v) is 8.94. The van der Waals surface area contributed by atoms with Gasteiger partial charge in [0.25, 0.3) is 0 Å². The zero-order valence-electron chi connectivity index (χ0n) is 15.1. The van der Waals surface area contributed by atoms with Gasteiger partial charge in [0.15, 0.2) is 0 Å². The van der Waals surface area contributed by atoms with Gasteiger partial charge in [-0.3, -0.25) is 4.79 Å². The Kier molecular flexibility index (Phi) is 6.03. The molecule has 1 saturated heterocycles. The van der Waals surface area contributed by atoms with Crippen molar-refractivity contribution in [3.63, 3.8) is 0 Å². The highest BCUT2D eigenvalue weighted by Crippen LogP contribution is 2.23. The van der Waals surface area contributed by atoms with Gasteiger partial charge in [-0.05, 0) is 36.8 Å². The minimum atomic E-state index is -0.706. The van der Waals surface area contributed by atoms with Crippen molar-refractivity contribution in [1.82, 2.24) is 15.5 Å². The first-order chi connectivity index (χ1) is 13.0. The first-order valence-electron chi connectivity index (χ1n) is 8.94. The second-order valence-corrected chi connectivity index (χ2v) is 6.49. The van der Waals surface area contributed by atoms with Gasteiger partial charge in [0.2, 0.25) is 5.91 Å². The molecule has 3 rings (SSSR count). The Labute approximate surface area is 157 Å². The molecule has 0 aliphatic carbocycles. The van der Waals surface area contributed by atoms with Crippen LogP contribution in [0.3, 0.4) is 0 Å². The molecule has 7 heteroatoms. The molecule has 6 nitrogen and oxygen atoms in total. The van der Waals surface area contributed by atoms with Crippen molar-refractivity contribution in [2.75, 3.05) is 25.0 Å². The van der Waals surface area contributed by atoms with Crippen LogP contribution in [-0.4, -0.2) is 42.5 Å². The van der Waals surface area contributed by atoms with Gasteiger partial charge in [-0.25, -0.2) is 9.18 Å². The summed E-state index contributed by atoms with van der Waals surface area (Å²) in [6.07, 6.45) is 0. The highest BCUT2D eigenvalue weighted by atomic mass is 19.1. The molecule has 0 saturated carbocycles. The molecule has 1 aliphatic heterocycles. The average molecular weight is 370 g/mol.